The summed E-state index contributed by atoms with van der Waals surface area (Å²) in [6.07, 6.45) is 0. The van der Waals surface area contributed by atoms with Crippen molar-refractivity contribution in [1.82, 2.24) is 0 Å². The Balaban J connectivity index is 2.90. The molecule has 0 radical (unpaired) electrons. The van der Waals surface area contributed by atoms with Gasteiger partial charge in [0.15, 0.2) is 5.84 Å². The first kappa shape index (κ1) is 15.0. The van der Waals surface area contributed by atoms with E-state index in [0.717, 1.165) is 11.1 Å². The molecule has 1 aromatic rings. The minimum Gasteiger partial charge on any atom is -0.409 e. The van der Waals surface area contributed by atoms with Crippen LogP contribution in [0.4, 0.5) is 5.69 Å². The molecule has 0 aromatic heterocycles. The molecule has 1 aromatic carbocycles. The van der Waals surface area contributed by atoms with Gasteiger partial charge in [-0.2, -0.15) is 0 Å². The monoisotopic (exact) mass is 263 g/mol. The Labute approximate surface area is 113 Å². The molecule has 0 fully saturated rings. The highest BCUT2D eigenvalue weighted by Crippen LogP contribution is 2.18. The molecule has 1 rings (SSSR count). The average molecular weight is 263 g/mol. The summed E-state index contributed by atoms with van der Waals surface area (Å²) >= 11 is 0. The SMILES string of the molecule is Cc1ccc(NC(=O)C(C(N)=NO)C(C)C)cc1C. The number of rotatable bonds is 4. The van der Waals surface area contributed by atoms with Gasteiger partial charge in [-0.05, 0) is 43.0 Å². The minimum absolute atomic E-state index is 0.0533. The number of carbonyl (C=O) groups is 1. The lowest BCUT2D eigenvalue weighted by Crippen LogP contribution is -2.38. The summed E-state index contributed by atoms with van der Waals surface area (Å²) in [5.41, 5.74) is 8.54. The number of aryl methyl sites for hydroxylation is 2. The summed E-state index contributed by atoms with van der Waals surface area (Å²) in [6, 6.07) is 5.68. The predicted molar refractivity (Wildman–Crippen MR) is 76.3 cm³/mol. The number of amidine groups is 1. The van der Waals surface area contributed by atoms with Crippen LogP contribution in [0, 0.1) is 25.7 Å². The highest BCUT2D eigenvalue weighted by Gasteiger charge is 2.26. The van der Waals surface area contributed by atoms with E-state index in [1.165, 1.54) is 0 Å². The van der Waals surface area contributed by atoms with Gasteiger partial charge in [-0.25, -0.2) is 0 Å². The molecule has 4 N–H and O–H groups in total. The number of nitrogens with zero attached hydrogens (tertiary/aromatic N) is 1. The smallest absolute Gasteiger partial charge is 0.235 e. The quantitative estimate of drug-likeness (QED) is 0.337. The summed E-state index contributed by atoms with van der Waals surface area (Å²) in [5.74, 6) is -1.04. The van der Waals surface area contributed by atoms with E-state index in [-0.39, 0.29) is 17.7 Å². The molecular formula is C14H21N3O2. The molecule has 104 valence electrons. The number of carbonyl (C=O) groups excluding carboxylic acids is 1. The number of anilines is 1. The lowest BCUT2D eigenvalue weighted by molar-refractivity contribution is -0.119. The minimum atomic E-state index is -0.647. The van der Waals surface area contributed by atoms with Crippen LogP contribution in [0.2, 0.25) is 0 Å². The van der Waals surface area contributed by atoms with Crippen LogP contribution >= 0.6 is 0 Å². The maximum absolute atomic E-state index is 12.2. The van der Waals surface area contributed by atoms with Crippen molar-refractivity contribution in [3.8, 4) is 0 Å². The first-order valence-electron chi connectivity index (χ1n) is 6.22. The average Bonchev–Trinajstić information content (AvgIpc) is 2.33. The molecule has 1 amide bonds. The Morgan fingerprint density at radius 1 is 1.32 bits per heavy atom. The zero-order valence-corrected chi connectivity index (χ0v) is 11.8. The number of hydrogen-bond donors (Lipinski definition) is 3. The predicted octanol–water partition coefficient (Wildman–Crippen LogP) is 2.26. The summed E-state index contributed by atoms with van der Waals surface area (Å²) in [4.78, 5) is 12.2. The zero-order chi connectivity index (χ0) is 14.6. The molecule has 19 heavy (non-hydrogen) atoms. The molecule has 5 nitrogen and oxygen atoms in total. The van der Waals surface area contributed by atoms with Crippen molar-refractivity contribution in [2.24, 2.45) is 22.7 Å². The van der Waals surface area contributed by atoms with Crippen molar-refractivity contribution in [3.05, 3.63) is 29.3 Å². The second-order valence-electron chi connectivity index (χ2n) is 5.03. The lowest BCUT2D eigenvalue weighted by atomic mass is 9.93. The molecule has 0 spiro atoms. The van der Waals surface area contributed by atoms with Crippen LogP contribution in [0.25, 0.3) is 0 Å². The van der Waals surface area contributed by atoms with E-state index in [4.69, 9.17) is 10.9 Å². The third-order valence-corrected chi connectivity index (χ3v) is 3.16. The number of benzene rings is 1. The van der Waals surface area contributed by atoms with E-state index in [1.54, 1.807) is 0 Å². The summed E-state index contributed by atoms with van der Waals surface area (Å²) in [6.45, 7) is 7.69. The van der Waals surface area contributed by atoms with Gasteiger partial charge >= 0.3 is 0 Å². The second-order valence-corrected chi connectivity index (χ2v) is 5.03. The van der Waals surface area contributed by atoms with Crippen molar-refractivity contribution in [2.75, 3.05) is 5.32 Å². The fourth-order valence-corrected chi connectivity index (χ4v) is 1.88. The number of nitrogens with one attached hydrogen (secondary N) is 1. The lowest BCUT2D eigenvalue weighted by Gasteiger charge is -2.19. The number of amides is 1. The van der Waals surface area contributed by atoms with Gasteiger partial charge in [0.1, 0.15) is 5.92 Å². The molecule has 5 heteroatoms. The highest BCUT2D eigenvalue weighted by atomic mass is 16.4. The standard InChI is InChI=1S/C14H21N3O2/c1-8(2)12(13(15)17-19)14(18)16-11-6-5-9(3)10(4)7-11/h5-8,12,19H,1-4H3,(H2,15,17)(H,16,18). The largest absolute Gasteiger partial charge is 0.409 e. The van der Waals surface area contributed by atoms with Crippen LogP contribution < -0.4 is 11.1 Å². The number of nitrogens with two attached hydrogens (primary N) is 1. The van der Waals surface area contributed by atoms with Crippen molar-refractivity contribution in [1.29, 1.82) is 0 Å². The Morgan fingerprint density at radius 2 is 1.95 bits per heavy atom. The molecule has 0 saturated carbocycles. The molecule has 0 heterocycles. The van der Waals surface area contributed by atoms with Gasteiger partial charge in [-0.1, -0.05) is 25.1 Å². The Kier molecular flexibility index (Phi) is 4.92. The van der Waals surface area contributed by atoms with Crippen LogP contribution in [-0.4, -0.2) is 17.0 Å². The van der Waals surface area contributed by atoms with Crippen LogP contribution in [0.3, 0.4) is 0 Å². The topological polar surface area (TPSA) is 87.7 Å². The van der Waals surface area contributed by atoms with Crippen molar-refractivity contribution in [2.45, 2.75) is 27.7 Å². The van der Waals surface area contributed by atoms with Crippen LogP contribution in [0.15, 0.2) is 23.4 Å². The first-order chi connectivity index (χ1) is 8.86. The Morgan fingerprint density at radius 3 is 2.42 bits per heavy atom. The molecule has 1 unspecified atom stereocenters. The van der Waals surface area contributed by atoms with Gasteiger partial charge in [0.05, 0.1) is 0 Å². The van der Waals surface area contributed by atoms with Crippen LogP contribution in [0.5, 0.6) is 0 Å². The maximum Gasteiger partial charge on any atom is 0.235 e. The van der Waals surface area contributed by atoms with E-state index >= 15 is 0 Å². The van der Waals surface area contributed by atoms with Gasteiger partial charge in [0.25, 0.3) is 0 Å². The third kappa shape index (κ3) is 3.71. The van der Waals surface area contributed by atoms with Crippen LogP contribution in [0.1, 0.15) is 25.0 Å². The zero-order valence-electron chi connectivity index (χ0n) is 11.8. The first-order valence-corrected chi connectivity index (χ1v) is 6.22. The van der Waals surface area contributed by atoms with Gasteiger partial charge in [0, 0.05) is 5.69 Å². The van der Waals surface area contributed by atoms with E-state index in [1.807, 2.05) is 45.9 Å². The highest BCUT2D eigenvalue weighted by molar-refractivity contribution is 6.07. The van der Waals surface area contributed by atoms with Crippen molar-refractivity contribution < 1.29 is 10.0 Å². The normalized spacial score (nSPS) is 13.4. The number of hydrogen-bond acceptors (Lipinski definition) is 3. The maximum atomic E-state index is 12.2. The van der Waals surface area contributed by atoms with Crippen molar-refractivity contribution in [3.63, 3.8) is 0 Å². The van der Waals surface area contributed by atoms with E-state index < -0.39 is 5.92 Å². The fourth-order valence-electron chi connectivity index (χ4n) is 1.88. The van der Waals surface area contributed by atoms with E-state index in [9.17, 15) is 4.79 Å². The number of oxime groups is 1. The van der Waals surface area contributed by atoms with Gasteiger partial charge in [0.2, 0.25) is 5.91 Å². The summed E-state index contributed by atoms with van der Waals surface area (Å²) in [7, 11) is 0. The summed E-state index contributed by atoms with van der Waals surface area (Å²) in [5, 5.41) is 14.5. The molecule has 0 bridgehead atoms. The van der Waals surface area contributed by atoms with Gasteiger partial charge in [-0.3, -0.25) is 4.79 Å². The van der Waals surface area contributed by atoms with Gasteiger partial charge < -0.3 is 16.3 Å². The molecule has 0 saturated heterocycles. The Bertz CT molecular complexity index is 495. The van der Waals surface area contributed by atoms with Crippen LogP contribution in [-0.2, 0) is 4.79 Å². The Hall–Kier alpha value is -2.04. The van der Waals surface area contributed by atoms with E-state index in [0.29, 0.717) is 5.69 Å². The molecule has 0 aliphatic heterocycles. The third-order valence-electron chi connectivity index (χ3n) is 3.16. The van der Waals surface area contributed by atoms with E-state index in [2.05, 4.69) is 10.5 Å². The summed E-state index contributed by atoms with van der Waals surface area (Å²) < 4.78 is 0. The van der Waals surface area contributed by atoms with Gasteiger partial charge in [-0.15, -0.1) is 0 Å². The molecule has 1 atom stereocenters. The van der Waals surface area contributed by atoms with Crippen molar-refractivity contribution >= 4 is 17.4 Å². The molecule has 0 aliphatic carbocycles. The molecular weight excluding hydrogens is 242 g/mol. The second kappa shape index (κ2) is 6.22. The molecule has 0 aliphatic rings. The fraction of sp³-hybridized carbons (Fsp3) is 0.429.